The first-order valence-electron chi connectivity index (χ1n) is 36.5. The number of aromatic carboxylic acids is 3. The highest BCUT2D eigenvalue weighted by Gasteiger charge is 2.41. The molecule has 3 aliphatic heterocycles. The van der Waals surface area contributed by atoms with Crippen LogP contribution >= 0.6 is 0 Å². The Hall–Kier alpha value is -13.2. The highest BCUT2D eigenvalue weighted by atomic mass is 19.2. The van der Waals surface area contributed by atoms with Gasteiger partial charge in [-0.15, -0.1) is 0 Å². The van der Waals surface area contributed by atoms with Crippen LogP contribution in [-0.4, -0.2) is 175 Å². The molecule has 12 rings (SSSR count). The molecule has 117 heavy (non-hydrogen) atoms. The molecule has 0 radical (unpaired) electrons. The Morgan fingerprint density at radius 3 is 0.838 bits per heavy atom. The molecule has 3 saturated heterocycles. The zero-order valence-electron chi connectivity index (χ0n) is 65.6. The summed E-state index contributed by atoms with van der Waals surface area (Å²) in [5.41, 5.74) is -1.28. The Morgan fingerprint density at radius 2 is 0.590 bits per heavy atom. The number of ether oxygens (including phenoxy) is 9. The van der Waals surface area contributed by atoms with E-state index < -0.39 is 146 Å². The van der Waals surface area contributed by atoms with Gasteiger partial charge < -0.3 is 86.4 Å². The van der Waals surface area contributed by atoms with Crippen LogP contribution in [0.5, 0.6) is 34.5 Å². The quantitative estimate of drug-likeness (QED) is 0.0408. The highest BCUT2D eigenvalue weighted by molar-refractivity contribution is 6.09. The van der Waals surface area contributed by atoms with E-state index in [1.807, 2.05) is 0 Å². The smallest absolute Gasteiger partial charge is 0.410 e. The number of rotatable bonds is 18. The normalized spacial score (nSPS) is 15.2. The molecule has 0 aliphatic carbocycles. The van der Waals surface area contributed by atoms with Crippen LogP contribution in [0, 0.1) is 34.9 Å². The molecule has 3 amide bonds. The van der Waals surface area contributed by atoms with E-state index in [4.69, 9.17) is 42.6 Å². The molecule has 6 aromatic carbocycles. The number of nitrogens with zero attached hydrogens (tertiary/aromatic N) is 6. The largest absolute Gasteiger partial charge is 0.478 e. The molecule has 0 unspecified atom stereocenters. The number of amides is 3. The van der Waals surface area contributed by atoms with E-state index in [0.29, 0.717) is 61.2 Å². The summed E-state index contributed by atoms with van der Waals surface area (Å²) in [6.07, 6.45) is 4.41. The summed E-state index contributed by atoms with van der Waals surface area (Å²) in [6, 6.07) is 26.6. The number of hydrogen-bond donors (Lipinski definition) is 3. The summed E-state index contributed by atoms with van der Waals surface area (Å²) < 4.78 is 136. The third-order valence-electron chi connectivity index (χ3n) is 18.4. The van der Waals surface area contributed by atoms with Gasteiger partial charge in [0.25, 0.3) is 0 Å². The van der Waals surface area contributed by atoms with Crippen LogP contribution in [0.3, 0.4) is 0 Å². The van der Waals surface area contributed by atoms with Crippen LogP contribution in [0.25, 0.3) is 33.4 Å². The zero-order chi connectivity index (χ0) is 85.4. The van der Waals surface area contributed by atoms with Gasteiger partial charge in [0.15, 0.2) is 52.2 Å². The van der Waals surface area contributed by atoms with E-state index in [-0.39, 0.29) is 76.6 Å². The molecule has 0 saturated carbocycles. The van der Waals surface area contributed by atoms with Gasteiger partial charge in [-0.25, -0.2) is 69.5 Å². The predicted octanol–water partition coefficient (Wildman–Crippen LogP) is 17.7. The van der Waals surface area contributed by atoms with Gasteiger partial charge >= 0.3 is 54.1 Å². The number of carbonyl (C=O) groups excluding carboxylic acids is 6. The van der Waals surface area contributed by atoms with Crippen molar-refractivity contribution in [3.05, 3.63) is 215 Å². The first kappa shape index (κ1) is 86.2. The molecule has 3 atom stereocenters. The average molecular weight is 1630 g/mol. The van der Waals surface area contributed by atoms with Gasteiger partial charge in [0.05, 0.1) is 45.0 Å². The number of aromatic nitrogens is 3. The van der Waals surface area contributed by atoms with Crippen LogP contribution < -0.4 is 14.2 Å². The minimum atomic E-state index is -1.44. The predicted molar refractivity (Wildman–Crippen MR) is 408 cm³/mol. The molecule has 3 fully saturated rings. The maximum Gasteiger partial charge on any atom is 0.410 e. The molecule has 0 bridgehead atoms. The summed E-state index contributed by atoms with van der Waals surface area (Å²) in [6.45, 7) is 17.4. The Balaban J connectivity index is 0.000000185. The van der Waals surface area contributed by atoms with Crippen molar-refractivity contribution in [3.63, 3.8) is 0 Å². The fourth-order valence-corrected chi connectivity index (χ4v) is 13.3. The van der Waals surface area contributed by atoms with Crippen molar-refractivity contribution in [1.29, 1.82) is 0 Å². The minimum absolute atomic E-state index is 0.0149. The van der Waals surface area contributed by atoms with E-state index in [1.165, 1.54) is 124 Å². The lowest BCUT2D eigenvalue weighted by molar-refractivity contribution is 0.0278. The van der Waals surface area contributed by atoms with Crippen molar-refractivity contribution in [1.82, 2.24) is 28.4 Å². The van der Waals surface area contributed by atoms with E-state index in [1.54, 1.807) is 90.1 Å². The minimum Gasteiger partial charge on any atom is -0.478 e. The number of esters is 3. The molecule has 618 valence electrons. The molecule has 27 nitrogen and oxygen atoms in total. The fourth-order valence-electron chi connectivity index (χ4n) is 13.3. The number of carboxylic acid groups (broad SMARTS) is 3. The van der Waals surface area contributed by atoms with Crippen molar-refractivity contribution in [2.45, 2.75) is 117 Å². The summed E-state index contributed by atoms with van der Waals surface area (Å²) in [5.74, 6) is -13.1. The fraction of sp³-hybridized carbons (Fsp3) is 0.321. The van der Waals surface area contributed by atoms with E-state index in [2.05, 4.69) is 0 Å². The van der Waals surface area contributed by atoms with Crippen LogP contribution in [0.15, 0.2) is 146 Å². The third-order valence-corrected chi connectivity index (χ3v) is 18.4. The first-order valence-corrected chi connectivity index (χ1v) is 36.5. The van der Waals surface area contributed by atoms with Crippen LogP contribution in [0.2, 0.25) is 0 Å². The van der Waals surface area contributed by atoms with Crippen molar-refractivity contribution >= 4 is 54.1 Å². The summed E-state index contributed by atoms with van der Waals surface area (Å²) >= 11 is 0. The molecular formula is C84H84F6N6O21. The van der Waals surface area contributed by atoms with Crippen molar-refractivity contribution < 1.29 is 127 Å². The number of carbonyl (C=O) groups is 9. The van der Waals surface area contributed by atoms with Crippen molar-refractivity contribution in [2.24, 2.45) is 0 Å². The van der Waals surface area contributed by atoms with Crippen molar-refractivity contribution in [3.8, 4) is 67.9 Å². The number of para-hydroxylation sites is 3. The summed E-state index contributed by atoms with van der Waals surface area (Å²) in [4.78, 5) is 118. The topological polar surface area (TPSA) is 322 Å². The highest BCUT2D eigenvalue weighted by Crippen LogP contribution is 2.42. The second kappa shape index (κ2) is 35.7. The molecular weight excluding hydrogens is 1540 g/mol. The molecule has 3 aromatic heterocycles. The first-order chi connectivity index (χ1) is 55.2. The van der Waals surface area contributed by atoms with Gasteiger partial charge in [-0.3, -0.25) is 0 Å². The maximum atomic E-state index is 14.0. The number of methoxy groups -OCH3 is 3. The Labute approximate surface area is 666 Å². The maximum absolute atomic E-state index is 14.0. The Kier molecular flexibility index (Phi) is 26.3. The van der Waals surface area contributed by atoms with Crippen LogP contribution in [0.1, 0.15) is 162 Å². The number of carboxylic acids is 3. The van der Waals surface area contributed by atoms with Gasteiger partial charge in [0, 0.05) is 74.5 Å². The van der Waals surface area contributed by atoms with Gasteiger partial charge in [-0.1, -0.05) is 54.6 Å². The molecule has 6 heterocycles. The van der Waals surface area contributed by atoms with Crippen LogP contribution in [-0.2, 0) is 28.4 Å². The van der Waals surface area contributed by atoms with Gasteiger partial charge in [-0.2, -0.15) is 0 Å². The number of hydrogen-bond acceptors (Lipinski definition) is 18. The average Bonchev–Trinajstić information content (AvgIpc) is 1.62. The number of likely N-dealkylation sites (tertiary alicyclic amines) is 3. The molecule has 9 aromatic rings. The SMILES string of the molecule is CC(C)(C)OC(=O)N1CC[C@@H](n2cc(-c3ccc(Oc4c(F)cccc4F)cc3)c(C(=O)O)c2C(=O)O)C1.COC(=O)c1c(-c2ccc(Oc3c(F)cccc3F)cc2)cn([C@@H]2CCN(C(=O)OC(C)(C)C)C2)c1C(=O)O.COC(=O)c1c(-c2ccc(Oc3c(F)cccc3F)cc2)cn([C@@H]2CCN(C(=O)OC(C)(C)C)C2)c1C(=O)OC. The van der Waals surface area contributed by atoms with Crippen molar-refractivity contribution in [2.75, 3.05) is 60.6 Å². The van der Waals surface area contributed by atoms with E-state index >= 15 is 0 Å². The molecule has 33 heteroatoms. The number of benzene rings is 6. The standard InChI is InChI=1S/C29H30F2N2O7.C28H28F2N2O7.C27H26F2N2O7/c1-29(2,3)40-28(36)32-14-13-18(15-32)33-16-20(23(26(34)37-4)24(33)27(35)38-5)17-9-11-19(12-10-17)39-25-21(30)7-6-8-22(25)31;1-28(2,3)39-27(36)31-13-12-17(14-31)32-15-19(22(26(35)37-4)23(32)25(33)34)16-8-10-18(11-9-16)38-24-20(29)6-5-7-21(24)30;1-27(2,3)38-26(36)30-12-11-16(13-30)31-14-18(21(24(32)33)22(31)25(34)35)15-7-9-17(10-8-15)37-23-19(28)5-4-6-20(23)29/h6-12,16,18H,13-15H2,1-5H3;5-11,15,17H,12-14H2,1-4H3,(H,33,34);4-10,14,16H,11-13H2,1-3H3,(H,32,33)(H,34,35)/t18-;17-;16-/m111/s1. The number of halogens is 6. The Bertz CT molecular complexity index is 5190. The molecule has 0 spiro atoms. The molecule has 3 aliphatic rings. The Morgan fingerprint density at radius 1 is 0.342 bits per heavy atom. The zero-order valence-corrected chi connectivity index (χ0v) is 65.6. The summed E-state index contributed by atoms with van der Waals surface area (Å²) in [7, 11) is 3.55. The summed E-state index contributed by atoms with van der Waals surface area (Å²) in [5, 5.41) is 29.9. The van der Waals surface area contributed by atoms with E-state index in [9.17, 15) is 84.8 Å². The monoisotopic (exact) mass is 1630 g/mol. The second-order valence-electron chi connectivity index (χ2n) is 30.0. The lowest BCUT2D eigenvalue weighted by atomic mass is 10.0. The lowest BCUT2D eigenvalue weighted by Crippen LogP contribution is -2.35. The second-order valence-corrected chi connectivity index (χ2v) is 30.0. The lowest BCUT2D eigenvalue weighted by Gasteiger charge is -2.24. The van der Waals surface area contributed by atoms with Gasteiger partial charge in [-0.05, 0) is 171 Å². The van der Waals surface area contributed by atoms with Crippen LogP contribution in [0.4, 0.5) is 40.7 Å². The third kappa shape index (κ3) is 20.3. The van der Waals surface area contributed by atoms with E-state index in [0.717, 1.165) is 43.5 Å². The molecule has 3 N–H and O–H groups in total. The van der Waals surface area contributed by atoms with Gasteiger partial charge in [0.1, 0.15) is 62.3 Å². The van der Waals surface area contributed by atoms with Gasteiger partial charge in [0.2, 0.25) is 0 Å².